The minimum atomic E-state index is 0.710. The Hall–Kier alpha value is -0.570. The van der Waals surface area contributed by atoms with Crippen LogP contribution in [-0.2, 0) is 0 Å². The van der Waals surface area contributed by atoms with Crippen molar-refractivity contribution in [3.63, 3.8) is 0 Å². The number of nitrogens with two attached hydrogens (primary N) is 1. The summed E-state index contributed by atoms with van der Waals surface area (Å²) < 4.78 is 0. The smallest absolute Gasteiger partial charge is 0.110 e. The zero-order valence-electron chi connectivity index (χ0n) is 8.33. The van der Waals surface area contributed by atoms with Crippen molar-refractivity contribution in [2.24, 2.45) is 0 Å². The monoisotopic (exact) mass is 208 g/mol. The first kappa shape index (κ1) is 8.72. The van der Waals surface area contributed by atoms with Crippen LogP contribution in [0.5, 0.6) is 0 Å². The van der Waals surface area contributed by atoms with Crippen LogP contribution >= 0.6 is 11.3 Å². The largest absolute Gasteiger partial charge is 0.389 e. The molecule has 2 N–H and O–H groups in total. The predicted octanol–water partition coefficient (Wildman–Crippen LogP) is 3.26. The van der Waals surface area contributed by atoms with Crippen molar-refractivity contribution >= 4 is 16.3 Å². The molecule has 0 aromatic carbocycles. The van der Waals surface area contributed by atoms with Crippen molar-refractivity contribution in [3.8, 4) is 0 Å². The Labute approximate surface area is 88.5 Å². The van der Waals surface area contributed by atoms with Gasteiger partial charge in [0.15, 0.2) is 0 Å². The third-order valence-corrected chi connectivity index (χ3v) is 4.43. The Balaban J connectivity index is 1.87. The molecule has 0 bridgehead atoms. The van der Waals surface area contributed by atoms with Crippen LogP contribution in [0, 0.1) is 0 Å². The van der Waals surface area contributed by atoms with E-state index >= 15 is 0 Å². The fourth-order valence-electron chi connectivity index (χ4n) is 2.36. The Kier molecular flexibility index (Phi) is 2.01. The van der Waals surface area contributed by atoms with Gasteiger partial charge in [0.1, 0.15) is 5.00 Å². The highest BCUT2D eigenvalue weighted by Crippen LogP contribution is 2.46. The molecular formula is C11H16N2S. The summed E-state index contributed by atoms with van der Waals surface area (Å²) in [6, 6.07) is 0. The van der Waals surface area contributed by atoms with Gasteiger partial charge in [-0.05, 0) is 25.7 Å². The highest BCUT2D eigenvalue weighted by Gasteiger charge is 2.30. The Morgan fingerprint density at radius 3 is 2.43 bits per heavy atom. The summed E-state index contributed by atoms with van der Waals surface area (Å²) in [5.74, 6) is 1.44. The summed E-state index contributed by atoms with van der Waals surface area (Å²) in [6.45, 7) is 0. The summed E-state index contributed by atoms with van der Waals surface area (Å²) in [6.07, 6.45) is 8.02. The molecule has 0 aliphatic heterocycles. The van der Waals surface area contributed by atoms with E-state index in [2.05, 4.69) is 0 Å². The molecule has 2 nitrogen and oxygen atoms in total. The fourth-order valence-corrected chi connectivity index (χ4v) is 3.45. The minimum absolute atomic E-state index is 0.710. The Bertz CT molecular complexity index is 335. The lowest BCUT2D eigenvalue weighted by atomic mass is 10.1. The van der Waals surface area contributed by atoms with Gasteiger partial charge >= 0.3 is 0 Å². The molecule has 1 heterocycles. The lowest BCUT2D eigenvalue weighted by Gasteiger charge is -2.02. The third-order valence-electron chi connectivity index (χ3n) is 3.37. The lowest BCUT2D eigenvalue weighted by molar-refractivity contribution is 0.712. The van der Waals surface area contributed by atoms with E-state index in [0.29, 0.717) is 5.92 Å². The minimum Gasteiger partial charge on any atom is -0.389 e. The number of hydrogen-bond acceptors (Lipinski definition) is 3. The summed E-state index contributed by atoms with van der Waals surface area (Å²) in [5, 5.41) is 2.32. The van der Waals surface area contributed by atoms with E-state index in [4.69, 9.17) is 10.7 Å². The molecule has 0 unspecified atom stereocenters. The maximum Gasteiger partial charge on any atom is 0.110 e. The number of nitrogen functional groups attached to an aromatic ring is 1. The molecule has 14 heavy (non-hydrogen) atoms. The van der Waals surface area contributed by atoms with E-state index in [1.165, 1.54) is 49.2 Å². The second-order valence-corrected chi connectivity index (χ2v) is 5.62. The second kappa shape index (κ2) is 3.23. The van der Waals surface area contributed by atoms with Crippen molar-refractivity contribution < 1.29 is 0 Å². The molecule has 2 aliphatic carbocycles. The van der Waals surface area contributed by atoms with Crippen LogP contribution in [0.15, 0.2) is 0 Å². The highest BCUT2D eigenvalue weighted by atomic mass is 32.1. The van der Waals surface area contributed by atoms with Gasteiger partial charge in [0, 0.05) is 11.8 Å². The summed E-state index contributed by atoms with van der Waals surface area (Å²) in [7, 11) is 0. The van der Waals surface area contributed by atoms with Gasteiger partial charge in [-0.3, -0.25) is 0 Å². The van der Waals surface area contributed by atoms with Crippen molar-refractivity contribution in [1.29, 1.82) is 0 Å². The first-order chi connectivity index (χ1) is 6.84. The van der Waals surface area contributed by atoms with Crippen molar-refractivity contribution in [2.75, 3.05) is 5.73 Å². The summed E-state index contributed by atoms with van der Waals surface area (Å²) >= 11 is 1.75. The summed E-state index contributed by atoms with van der Waals surface area (Å²) in [5.41, 5.74) is 7.23. The van der Waals surface area contributed by atoms with E-state index in [9.17, 15) is 0 Å². The average molecular weight is 208 g/mol. The van der Waals surface area contributed by atoms with Gasteiger partial charge in [-0.15, -0.1) is 11.3 Å². The van der Waals surface area contributed by atoms with Crippen LogP contribution in [0.2, 0.25) is 0 Å². The van der Waals surface area contributed by atoms with Gasteiger partial charge in [-0.1, -0.05) is 12.8 Å². The van der Waals surface area contributed by atoms with Crippen LogP contribution < -0.4 is 5.73 Å². The van der Waals surface area contributed by atoms with Crippen LogP contribution in [0.3, 0.4) is 0 Å². The molecular weight excluding hydrogens is 192 g/mol. The molecule has 2 saturated carbocycles. The SMILES string of the molecule is Nc1sc(C2CCCC2)nc1C1CC1. The van der Waals surface area contributed by atoms with Crippen LogP contribution in [0.25, 0.3) is 0 Å². The molecule has 76 valence electrons. The predicted molar refractivity (Wildman–Crippen MR) is 59.7 cm³/mol. The maximum atomic E-state index is 6.01. The zero-order valence-corrected chi connectivity index (χ0v) is 9.15. The number of thiazole rings is 1. The quantitative estimate of drug-likeness (QED) is 0.810. The Morgan fingerprint density at radius 2 is 1.79 bits per heavy atom. The highest BCUT2D eigenvalue weighted by molar-refractivity contribution is 7.15. The molecule has 0 radical (unpaired) electrons. The molecule has 0 atom stereocenters. The van der Waals surface area contributed by atoms with E-state index in [1.54, 1.807) is 11.3 Å². The van der Waals surface area contributed by atoms with Crippen molar-refractivity contribution in [1.82, 2.24) is 4.98 Å². The molecule has 0 saturated heterocycles. The van der Waals surface area contributed by atoms with Gasteiger partial charge in [0.2, 0.25) is 0 Å². The van der Waals surface area contributed by atoms with Crippen LogP contribution in [-0.4, -0.2) is 4.98 Å². The topological polar surface area (TPSA) is 38.9 Å². The molecule has 0 amide bonds. The van der Waals surface area contributed by atoms with Gasteiger partial charge < -0.3 is 5.73 Å². The first-order valence-electron chi connectivity index (χ1n) is 5.60. The molecule has 0 spiro atoms. The zero-order chi connectivity index (χ0) is 9.54. The second-order valence-electron chi connectivity index (χ2n) is 4.56. The van der Waals surface area contributed by atoms with Crippen LogP contribution in [0.1, 0.15) is 61.1 Å². The standard InChI is InChI=1S/C11H16N2S/c12-10-9(7-5-6-7)13-11(14-10)8-3-1-2-4-8/h7-8H,1-6,12H2. The maximum absolute atomic E-state index is 6.01. The van der Waals surface area contributed by atoms with Crippen molar-refractivity contribution in [2.45, 2.75) is 50.4 Å². The number of hydrogen-bond donors (Lipinski definition) is 1. The lowest BCUT2D eigenvalue weighted by Crippen LogP contribution is -1.92. The Morgan fingerprint density at radius 1 is 1.07 bits per heavy atom. The van der Waals surface area contributed by atoms with E-state index in [-0.39, 0.29) is 0 Å². The van der Waals surface area contributed by atoms with Crippen LogP contribution in [0.4, 0.5) is 5.00 Å². The third kappa shape index (κ3) is 1.44. The molecule has 3 rings (SSSR count). The van der Waals surface area contributed by atoms with Gasteiger partial charge in [0.05, 0.1) is 10.7 Å². The van der Waals surface area contributed by atoms with Gasteiger partial charge in [0.25, 0.3) is 0 Å². The van der Waals surface area contributed by atoms with Gasteiger partial charge in [-0.25, -0.2) is 4.98 Å². The summed E-state index contributed by atoms with van der Waals surface area (Å²) in [4.78, 5) is 4.75. The molecule has 2 fully saturated rings. The van der Waals surface area contributed by atoms with E-state index in [0.717, 1.165) is 10.9 Å². The molecule has 1 aromatic rings. The number of rotatable bonds is 2. The molecule has 3 heteroatoms. The van der Waals surface area contributed by atoms with E-state index < -0.39 is 0 Å². The molecule has 1 aromatic heterocycles. The fraction of sp³-hybridized carbons (Fsp3) is 0.727. The number of aromatic nitrogens is 1. The average Bonchev–Trinajstić information content (AvgIpc) is 2.75. The van der Waals surface area contributed by atoms with Crippen molar-refractivity contribution in [3.05, 3.63) is 10.7 Å². The normalized spacial score (nSPS) is 23.1. The molecule has 2 aliphatic rings. The van der Waals surface area contributed by atoms with E-state index in [1.807, 2.05) is 0 Å². The van der Waals surface area contributed by atoms with Gasteiger partial charge in [-0.2, -0.15) is 0 Å². The number of anilines is 1. The number of nitrogens with zero attached hydrogens (tertiary/aromatic N) is 1. The first-order valence-corrected chi connectivity index (χ1v) is 6.42.